The highest BCUT2D eigenvalue weighted by atomic mass is 15.3. The third-order valence-corrected chi connectivity index (χ3v) is 10.4. The molecule has 0 amide bonds. The van der Waals surface area contributed by atoms with E-state index >= 15 is 0 Å². The van der Waals surface area contributed by atoms with Crippen LogP contribution in [0.5, 0.6) is 0 Å². The van der Waals surface area contributed by atoms with E-state index in [9.17, 15) is 0 Å². The molecule has 1 aliphatic rings. The first-order valence-corrected chi connectivity index (χ1v) is 16.6. The van der Waals surface area contributed by atoms with Gasteiger partial charge < -0.3 is 4.40 Å². The largest absolute Gasteiger partial charge is 0.304 e. The molecule has 0 fully saturated rings. The van der Waals surface area contributed by atoms with E-state index in [1.54, 1.807) is 0 Å². The predicted octanol–water partition coefficient (Wildman–Crippen LogP) is 10.7. The molecule has 1 aliphatic heterocycles. The smallest absolute Gasteiger partial charge is 0.235 e. The zero-order valence-corrected chi connectivity index (χ0v) is 26.0. The Bertz CT molecular complexity index is 3160. The first-order chi connectivity index (χ1) is 24.3. The normalized spacial score (nSPS) is 12.9. The van der Waals surface area contributed by atoms with Crippen molar-refractivity contribution in [2.45, 2.75) is 0 Å². The van der Waals surface area contributed by atoms with Gasteiger partial charge in [0, 0.05) is 44.1 Å². The molecule has 6 heteroatoms. The Hall–Kier alpha value is -6.79. The molecule has 0 radical (unpaired) electrons. The van der Waals surface area contributed by atoms with Crippen molar-refractivity contribution < 1.29 is 0 Å². The fourth-order valence-corrected chi connectivity index (χ4v) is 8.53. The number of anilines is 3. The van der Waals surface area contributed by atoms with Gasteiger partial charge in [-0.1, -0.05) is 97.1 Å². The molecule has 226 valence electrons. The van der Waals surface area contributed by atoms with Gasteiger partial charge in [-0.05, 0) is 47.9 Å². The predicted molar refractivity (Wildman–Crippen MR) is 200 cm³/mol. The Morgan fingerprint density at radius 2 is 1.12 bits per heavy atom. The van der Waals surface area contributed by atoms with E-state index in [2.05, 4.69) is 141 Å². The number of fused-ring (bicyclic) bond motifs is 3. The van der Waals surface area contributed by atoms with Crippen LogP contribution in [0.25, 0.3) is 87.9 Å². The van der Waals surface area contributed by atoms with E-state index in [1.165, 1.54) is 37.8 Å². The molecule has 6 aromatic carbocycles. The maximum atomic E-state index is 5.38. The van der Waals surface area contributed by atoms with Crippen molar-refractivity contribution in [1.82, 2.24) is 23.9 Å². The maximum Gasteiger partial charge on any atom is 0.235 e. The van der Waals surface area contributed by atoms with E-state index in [0.29, 0.717) is 5.95 Å². The third-order valence-electron chi connectivity index (χ3n) is 10.4. The summed E-state index contributed by atoms with van der Waals surface area (Å²) < 4.78 is 4.84. The second-order valence-corrected chi connectivity index (χ2v) is 12.9. The van der Waals surface area contributed by atoms with Crippen LogP contribution < -0.4 is 4.90 Å². The molecule has 5 aromatic heterocycles. The summed E-state index contributed by atoms with van der Waals surface area (Å²) in [6.07, 6.45) is 1.87. The van der Waals surface area contributed by atoms with Crippen molar-refractivity contribution >= 4 is 88.1 Å². The van der Waals surface area contributed by atoms with Crippen LogP contribution >= 0.6 is 0 Å². The van der Waals surface area contributed by atoms with Crippen molar-refractivity contribution in [1.29, 1.82) is 0 Å². The lowest BCUT2D eigenvalue weighted by atomic mass is 10.0. The zero-order valence-electron chi connectivity index (χ0n) is 26.0. The van der Waals surface area contributed by atoms with Gasteiger partial charge in [-0.25, -0.2) is 15.0 Å². The van der Waals surface area contributed by atoms with Crippen molar-refractivity contribution in [3.8, 4) is 17.1 Å². The summed E-state index contributed by atoms with van der Waals surface area (Å²) in [4.78, 5) is 17.7. The monoisotopic (exact) mass is 624 g/mol. The molecule has 0 bridgehead atoms. The summed E-state index contributed by atoms with van der Waals surface area (Å²) in [6.45, 7) is 0. The molecule has 11 aromatic rings. The molecule has 49 heavy (non-hydrogen) atoms. The van der Waals surface area contributed by atoms with Gasteiger partial charge in [-0.3, -0.25) is 9.47 Å². The van der Waals surface area contributed by atoms with Crippen LogP contribution in [0.15, 0.2) is 146 Å². The van der Waals surface area contributed by atoms with Crippen LogP contribution in [-0.2, 0) is 0 Å². The Morgan fingerprint density at radius 1 is 0.449 bits per heavy atom. The number of para-hydroxylation sites is 3. The molecule has 0 unspecified atom stereocenters. The fraction of sp³-hybridized carbons (Fsp3) is 0. The Morgan fingerprint density at radius 3 is 1.94 bits per heavy atom. The summed E-state index contributed by atoms with van der Waals surface area (Å²) in [6, 6.07) is 49.4. The van der Waals surface area contributed by atoms with Crippen LogP contribution in [0.1, 0.15) is 0 Å². The average Bonchev–Trinajstić information content (AvgIpc) is 3.64. The highest BCUT2D eigenvalue weighted by molar-refractivity contribution is 6.35. The second-order valence-electron chi connectivity index (χ2n) is 12.9. The topological polar surface area (TPSA) is 51.2 Å². The molecule has 0 atom stereocenters. The average molecular weight is 625 g/mol. The molecule has 6 nitrogen and oxygen atoms in total. The number of benzene rings is 6. The van der Waals surface area contributed by atoms with Crippen LogP contribution in [0, 0.1) is 0 Å². The van der Waals surface area contributed by atoms with Gasteiger partial charge in [0.05, 0.1) is 50.2 Å². The van der Waals surface area contributed by atoms with Crippen LogP contribution in [0.4, 0.5) is 17.3 Å². The number of hydrogen-bond acceptors (Lipinski definition) is 4. The lowest BCUT2D eigenvalue weighted by Gasteiger charge is -2.29. The minimum absolute atomic E-state index is 0.655. The number of pyridine rings is 1. The molecule has 0 saturated carbocycles. The van der Waals surface area contributed by atoms with Gasteiger partial charge in [0.1, 0.15) is 5.82 Å². The van der Waals surface area contributed by atoms with Gasteiger partial charge in [-0.2, -0.15) is 0 Å². The van der Waals surface area contributed by atoms with Crippen LogP contribution in [-0.4, -0.2) is 23.9 Å². The first kappa shape index (κ1) is 25.3. The Balaban J connectivity index is 1.29. The highest BCUT2D eigenvalue weighted by Gasteiger charge is 2.32. The van der Waals surface area contributed by atoms with Gasteiger partial charge in [0.2, 0.25) is 5.95 Å². The Labute approximate surface area is 279 Å². The maximum absolute atomic E-state index is 5.38. The van der Waals surface area contributed by atoms with Crippen molar-refractivity contribution in [2.24, 2.45) is 0 Å². The Kier molecular flexibility index (Phi) is 4.63. The minimum atomic E-state index is 0.655. The molecule has 0 spiro atoms. The van der Waals surface area contributed by atoms with Gasteiger partial charge in [0.25, 0.3) is 0 Å². The number of rotatable bonds is 3. The van der Waals surface area contributed by atoms with Crippen LogP contribution in [0.2, 0.25) is 0 Å². The number of hydrogen-bond donors (Lipinski definition) is 0. The van der Waals surface area contributed by atoms with E-state index in [-0.39, 0.29) is 0 Å². The molecule has 12 rings (SSSR count). The van der Waals surface area contributed by atoms with Crippen molar-refractivity contribution in [3.05, 3.63) is 146 Å². The second kappa shape index (κ2) is 8.97. The molecule has 0 saturated heterocycles. The van der Waals surface area contributed by atoms with Gasteiger partial charge in [0.15, 0.2) is 0 Å². The summed E-state index contributed by atoms with van der Waals surface area (Å²) in [5.74, 6) is 1.57. The number of aromatic nitrogens is 5. The lowest BCUT2D eigenvalue weighted by Crippen LogP contribution is -2.18. The molecule has 6 heterocycles. The summed E-state index contributed by atoms with van der Waals surface area (Å²) in [7, 11) is 0. The van der Waals surface area contributed by atoms with E-state index in [0.717, 1.165) is 61.4 Å². The lowest BCUT2D eigenvalue weighted by molar-refractivity contribution is 1.08. The van der Waals surface area contributed by atoms with E-state index < -0.39 is 0 Å². The highest BCUT2D eigenvalue weighted by Crippen LogP contribution is 2.52. The fourth-order valence-electron chi connectivity index (χ4n) is 8.53. The molecular weight excluding hydrogens is 601 g/mol. The van der Waals surface area contributed by atoms with Crippen molar-refractivity contribution in [3.63, 3.8) is 0 Å². The quantitative estimate of drug-likeness (QED) is 0.196. The van der Waals surface area contributed by atoms with Gasteiger partial charge in [-0.15, -0.1) is 0 Å². The molecular formula is C43H24N6. The van der Waals surface area contributed by atoms with E-state index in [4.69, 9.17) is 15.0 Å². The molecule has 0 N–H and O–H groups in total. The SMILES string of the molecule is c1ccc(-c2nc(N3c4cccc5c6cccc7c6c6c(ccc8c9cccc3c9n(c45)c86)n7-c3ccccn3)nc3ccccc23)cc1. The third kappa shape index (κ3) is 3.09. The number of nitrogens with zero attached hydrogens (tertiary/aromatic N) is 6. The van der Waals surface area contributed by atoms with Crippen LogP contribution in [0.3, 0.4) is 0 Å². The standard InChI is InChI=1S/C43H24N6/c1-2-11-25(12-3-1)39-30-13-4-5-17-31(30)45-43(46-39)48-34-19-9-15-27-26-14-8-18-32-37(26)38-33(47(32)36-21-6-7-24-44-36)23-22-29-28-16-10-20-35(48)41(28)49(40(27)34)42(29)38/h1-24H. The summed E-state index contributed by atoms with van der Waals surface area (Å²) in [5.41, 5.74) is 10.9. The first-order valence-electron chi connectivity index (χ1n) is 16.6. The van der Waals surface area contributed by atoms with E-state index in [1.807, 2.05) is 18.3 Å². The molecule has 0 aliphatic carbocycles. The summed E-state index contributed by atoms with van der Waals surface area (Å²) >= 11 is 0. The van der Waals surface area contributed by atoms with Gasteiger partial charge >= 0.3 is 0 Å². The summed E-state index contributed by atoms with van der Waals surface area (Å²) in [5, 5.41) is 8.36. The van der Waals surface area contributed by atoms with Crippen molar-refractivity contribution in [2.75, 3.05) is 4.90 Å². The minimum Gasteiger partial charge on any atom is -0.304 e. The zero-order chi connectivity index (χ0) is 31.8.